The van der Waals surface area contributed by atoms with Crippen LogP contribution < -0.4 is 5.56 Å². The lowest BCUT2D eigenvalue weighted by molar-refractivity contribution is 0.628. The molecule has 0 atom stereocenters. The normalized spacial score (nSPS) is 11.4. The lowest BCUT2D eigenvalue weighted by Gasteiger charge is -2.13. The van der Waals surface area contributed by atoms with Crippen LogP contribution in [0.25, 0.3) is 28.7 Å². The summed E-state index contributed by atoms with van der Waals surface area (Å²) in [5, 5.41) is 1.29. The van der Waals surface area contributed by atoms with Crippen molar-refractivity contribution in [1.29, 1.82) is 0 Å². The molecular formula is C22H12Cl2FIN2O. The first kappa shape index (κ1) is 20.1. The van der Waals surface area contributed by atoms with Crippen molar-refractivity contribution in [3.63, 3.8) is 0 Å². The highest BCUT2D eigenvalue weighted by atomic mass is 127. The van der Waals surface area contributed by atoms with Crippen LogP contribution >= 0.6 is 45.8 Å². The number of benzene rings is 3. The van der Waals surface area contributed by atoms with Gasteiger partial charge in [0.05, 0.1) is 21.6 Å². The Morgan fingerprint density at radius 2 is 1.72 bits per heavy atom. The summed E-state index contributed by atoms with van der Waals surface area (Å²) in [6.45, 7) is 0. The van der Waals surface area contributed by atoms with Gasteiger partial charge in [0, 0.05) is 8.59 Å². The summed E-state index contributed by atoms with van der Waals surface area (Å²) in [4.78, 5) is 18.0. The van der Waals surface area contributed by atoms with Crippen LogP contribution in [-0.2, 0) is 0 Å². The van der Waals surface area contributed by atoms with E-state index < -0.39 is 0 Å². The molecule has 0 aliphatic heterocycles. The summed E-state index contributed by atoms with van der Waals surface area (Å²) in [6, 6.07) is 16.5. The molecule has 3 aromatic carbocycles. The molecule has 0 aliphatic rings. The van der Waals surface area contributed by atoms with Crippen LogP contribution in [0.3, 0.4) is 0 Å². The number of nitrogens with zero attached hydrogens (tertiary/aromatic N) is 2. The van der Waals surface area contributed by atoms with E-state index in [-0.39, 0.29) is 11.4 Å². The number of rotatable bonds is 3. The molecule has 0 unspecified atom stereocenters. The zero-order valence-electron chi connectivity index (χ0n) is 14.7. The van der Waals surface area contributed by atoms with E-state index in [4.69, 9.17) is 23.2 Å². The van der Waals surface area contributed by atoms with Crippen molar-refractivity contribution in [3.8, 4) is 5.69 Å². The molecular weight excluding hydrogens is 525 g/mol. The third kappa shape index (κ3) is 4.22. The van der Waals surface area contributed by atoms with Gasteiger partial charge < -0.3 is 0 Å². The van der Waals surface area contributed by atoms with Crippen LogP contribution in [0.5, 0.6) is 0 Å². The van der Waals surface area contributed by atoms with Crippen molar-refractivity contribution in [1.82, 2.24) is 9.55 Å². The maximum absolute atomic E-state index is 13.3. The van der Waals surface area contributed by atoms with Gasteiger partial charge in [-0.15, -0.1) is 0 Å². The highest BCUT2D eigenvalue weighted by Crippen LogP contribution is 2.26. The van der Waals surface area contributed by atoms with Crippen LogP contribution in [0, 0.1) is 9.39 Å². The van der Waals surface area contributed by atoms with Gasteiger partial charge in [-0.25, -0.2) is 9.37 Å². The first-order valence-corrected chi connectivity index (χ1v) is 10.4. The van der Waals surface area contributed by atoms with Gasteiger partial charge in [-0.2, -0.15) is 0 Å². The highest BCUT2D eigenvalue weighted by molar-refractivity contribution is 14.1. The number of halogens is 4. The lowest BCUT2D eigenvalue weighted by Crippen LogP contribution is -2.22. The van der Waals surface area contributed by atoms with Crippen molar-refractivity contribution in [2.24, 2.45) is 0 Å². The Labute approximate surface area is 189 Å². The quantitative estimate of drug-likeness (QED) is 0.276. The van der Waals surface area contributed by atoms with E-state index in [9.17, 15) is 9.18 Å². The van der Waals surface area contributed by atoms with Crippen molar-refractivity contribution < 1.29 is 4.39 Å². The molecule has 29 heavy (non-hydrogen) atoms. The second-order valence-corrected chi connectivity index (χ2v) is 8.34. The van der Waals surface area contributed by atoms with E-state index in [1.54, 1.807) is 48.6 Å². The third-order valence-corrected chi connectivity index (χ3v) is 5.51. The number of hydrogen-bond donors (Lipinski definition) is 0. The van der Waals surface area contributed by atoms with E-state index >= 15 is 0 Å². The standard InChI is InChI=1S/C22H12Cl2FIN2O/c23-14-4-9-20(18(24)11-14)28-21(10-3-13-1-5-15(25)6-2-13)27-19-8-7-16(26)12-17(19)22(28)29/h1-12H/b10-3+. The van der Waals surface area contributed by atoms with Gasteiger partial charge in [-0.05, 0) is 82.8 Å². The molecule has 0 saturated carbocycles. The molecule has 0 radical (unpaired) electrons. The zero-order chi connectivity index (χ0) is 20.5. The highest BCUT2D eigenvalue weighted by Gasteiger charge is 2.14. The average molecular weight is 537 g/mol. The Balaban J connectivity index is 1.97. The van der Waals surface area contributed by atoms with E-state index in [2.05, 4.69) is 27.6 Å². The molecule has 3 nitrogen and oxygen atoms in total. The summed E-state index contributed by atoms with van der Waals surface area (Å²) in [7, 11) is 0. The van der Waals surface area contributed by atoms with Crippen molar-refractivity contribution in [3.05, 3.63) is 102 Å². The summed E-state index contributed by atoms with van der Waals surface area (Å²) < 4.78 is 15.5. The van der Waals surface area contributed by atoms with Crippen LogP contribution in [0.15, 0.2) is 65.5 Å². The van der Waals surface area contributed by atoms with Crippen molar-refractivity contribution in [2.75, 3.05) is 0 Å². The summed E-state index contributed by atoms with van der Waals surface area (Å²) >= 11 is 14.6. The molecule has 4 aromatic rings. The van der Waals surface area contributed by atoms with E-state index in [0.29, 0.717) is 32.5 Å². The van der Waals surface area contributed by atoms with Crippen molar-refractivity contribution in [2.45, 2.75) is 0 Å². The second kappa shape index (κ2) is 8.26. The van der Waals surface area contributed by atoms with E-state index in [1.165, 1.54) is 16.7 Å². The third-order valence-electron chi connectivity index (χ3n) is 4.30. The topological polar surface area (TPSA) is 34.9 Å². The summed E-state index contributed by atoms with van der Waals surface area (Å²) in [6.07, 6.45) is 3.47. The minimum Gasteiger partial charge on any atom is -0.268 e. The molecule has 0 aliphatic carbocycles. The molecule has 0 saturated heterocycles. The molecule has 0 spiro atoms. The molecule has 7 heteroatoms. The molecule has 1 heterocycles. The maximum Gasteiger partial charge on any atom is 0.266 e. The fourth-order valence-electron chi connectivity index (χ4n) is 2.93. The Bertz CT molecular complexity index is 1320. The Morgan fingerprint density at radius 3 is 2.45 bits per heavy atom. The van der Waals surface area contributed by atoms with Gasteiger partial charge in [0.15, 0.2) is 0 Å². The molecule has 144 valence electrons. The Kier molecular flexibility index (Phi) is 5.72. The van der Waals surface area contributed by atoms with Gasteiger partial charge >= 0.3 is 0 Å². The molecule has 0 bridgehead atoms. The predicted molar refractivity (Wildman–Crippen MR) is 125 cm³/mol. The van der Waals surface area contributed by atoms with Crippen LogP contribution in [0.4, 0.5) is 4.39 Å². The fourth-order valence-corrected chi connectivity index (χ4v) is 3.91. The van der Waals surface area contributed by atoms with E-state index in [0.717, 1.165) is 9.13 Å². The molecule has 4 rings (SSSR count). The molecule has 0 N–H and O–H groups in total. The molecule has 0 amide bonds. The maximum atomic E-state index is 13.3. The second-order valence-electron chi connectivity index (χ2n) is 6.25. The Hall–Kier alpha value is -2.22. The Morgan fingerprint density at radius 1 is 0.966 bits per heavy atom. The monoisotopic (exact) mass is 536 g/mol. The minimum absolute atomic E-state index is 0.239. The predicted octanol–water partition coefficient (Wildman–Crippen LogP) is 6.61. The molecule has 1 aromatic heterocycles. The molecule has 0 fully saturated rings. The van der Waals surface area contributed by atoms with Crippen molar-refractivity contribution >= 4 is 68.8 Å². The van der Waals surface area contributed by atoms with Gasteiger partial charge in [0.25, 0.3) is 5.56 Å². The summed E-state index contributed by atoms with van der Waals surface area (Å²) in [5.41, 5.74) is 1.59. The van der Waals surface area contributed by atoms with Gasteiger partial charge in [0.2, 0.25) is 0 Å². The minimum atomic E-state index is -0.314. The number of fused-ring (bicyclic) bond motifs is 1. The van der Waals surface area contributed by atoms with Crippen LogP contribution in [0.2, 0.25) is 10.0 Å². The average Bonchev–Trinajstić information content (AvgIpc) is 2.69. The lowest BCUT2D eigenvalue weighted by atomic mass is 10.2. The fraction of sp³-hybridized carbons (Fsp3) is 0. The largest absolute Gasteiger partial charge is 0.268 e. The van der Waals surface area contributed by atoms with Gasteiger partial charge in [-0.3, -0.25) is 9.36 Å². The number of aromatic nitrogens is 2. The first-order chi connectivity index (χ1) is 13.9. The number of hydrogen-bond acceptors (Lipinski definition) is 2. The smallest absolute Gasteiger partial charge is 0.266 e. The van der Waals surface area contributed by atoms with Gasteiger partial charge in [0.1, 0.15) is 11.6 Å². The van der Waals surface area contributed by atoms with Gasteiger partial charge in [-0.1, -0.05) is 41.4 Å². The van der Waals surface area contributed by atoms with Crippen LogP contribution in [0.1, 0.15) is 11.4 Å². The first-order valence-electron chi connectivity index (χ1n) is 8.54. The van der Waals surface area contributed by atoms with Crippen LogP contribution in [-0.4, -0.2) is 9.55 Å². The zero-order valence-corrected chi connectivity index (χ0v) is 18.4. The van der Waals surface area contributed by atoms with E-state index in [1.807, 2.05) is 12.1 Å². The SMILES string of the molecule is O=c1c2cc(I)ccc2nc(/C=C/c2ccc(F)cc2)n1-c1ccc(Cl)cc1Cl. The summed E-state index contributed by atoms with van der Waals surface area (Å²) in [5.74, 6) is 0.0858.